The largest absolute Gasteiger partial charge is 0.311 e. The van der Waals surface area contributed by atoms with E-state index in [2.05, 4.69) is 205 Å². The summed E-state index contributed by atoms with van der Waals surface area (Å²) in [5.41, 5.74) is 15.1. The molecule has 2 aliphatic rings. The van der Waals surface area contributed by atoms with Crippen molar-refractivity contribution in [1.29, 1.82) is 0 Å². The van der Waals surface area contributed by atoms with Crippen LogP contribution in [0.15, 0.2) is 200 Å². The normalized spacial score (nSPS) is 13.9. The van der Waals surface area contributed by atoms with Crippen molar-refractivity contribution in [3.63, 3.8) is 0 Å². The molecular formula is C53H37NS. The average Bonchev–Trinajstić information content (AvgIpc) is 3.78. The Bertz CT molecular complexity index is 2870. The molecule has 2 aliphatic carbocycles. The van der Waals surface area contributed by atoms with Gasteiger partial charge in [-0.25, -0.2) is 0 Å². The Morgan fingerprint density at radius 2 is 1.04 bits per heavy atom. The van der Waals surface area contributed by atoms with Gasteiger partial charge in [0.15, 0.2) is 0 Å². The Balaban J connectivity index is 1.05. The zero-order valence-electron chi connectivity index (χ0n) is 30.3. The van der Waals surface area contributed by atoms with Crippen molar-refractivity contribution in [3.8, 4) is 22.3 Å². The molecule has 0 unspecified atom stereocenters. The number of anilines is 3. The first-order valence-electron chi connectivity index (χ1n) is 19.2. The summed E-state index contributed by atoms with van der Waals surface area (Å²) in [4.78, 5) is 3.78. The number of thiophene rings is 1. The van der Waals surface area contributed by atoms with Gasteiger partial charge in [0.05, 0.1) is 5.41 Å². The van der Waals surface area contributed by atoms with Gasteiger partial charge in [0, 0.05) is 26.6 Å². The number of para-hydroxylation sites is 1. The summed E-state index contributed by atoms with van der Waals surface area (Å²) >= 11 is 1.94. The number of hydrogen-bond donors (Lipinski definition) is 0. The number of hydrogen-bond acceptors (Lipinski definition) is 2. The highest BCUT2D eigenvalue weighted by Crippen LogP contribution is 2.59. The second kappa shape index (κ2) is 12.8. The molecule has 260 valence electrons. The van der Waals surface area contributed by atoms with Crippen molar-refractivity contribution in [1.82, 2.24) is 0 Å². The molecule has 0 atom stereocenters. The number of allylic oxidation sites excluding steroid dienone is 1. The lowest BCUT2D eigenvalue weighted by molar-refractivity contribution is 0.695. The first-order chi connectivity index (χ1) is 27.3. The van der Waals surface area contributed by atoms with E-state index in [1.54, 1.807) is 0 Å². The van der Waals surface area contributed by atoms with E-state index in [1.165, 1.54) is 75.8 Å². The van der Waals surface area contributed by atoms with Gasteiger partial charge in [0.25, 0.3) is 0 Å². The number of aryl methyl sites for hydroxylation is 1. The Morgan fingerprint density at radius 3 is 1.78 bits per heavy atom. The summed E-state index contributed by atoms with van der Waals surface area (Å²) < 4.78 is 1.38. The van der Waals surface area contributed by atoms with Gasteiger partial charge in [0.1, 0.15) is 0 Å². The van der Waals surface area contributed by atoms with Crippen LogP contribution in [0.3, 0.4) is 0 Å². The summed E-state index contributed by atoms with van der Waals surface area (Å²) in [6, 6.07) is 71.6. The van der Waals surface area contributed by atoms with Crippen LogP contribution in [0.4, 0.5) is 17.1 Å². The number of benzene rings is 8. The highest BCUT2D eigenvalue weighted by molar-refractivity contribution is 7.20. The minimum atomic E-state index is -0.390. The minimum absolute atomic E-state index is 0.390. The molecule has 55 heavy (non-hydrogen) atoms. The van der Waals surface area contributed by atoms with E-state index in [4.69, 9.17) is 0 Å². The van der Waals surface area contributed by atoms with Gasteiger partial charge < -0.3 is 4.90 Å². The lowest BCUT2D eigenvalue weighted by Crippen LogP contribution is -2.30. The van der Waals surface area contributed by atoms with E-state index < -0.39 is 5.41 Å². The van der Waals surface area contributed by atoms with Gasteiger partial charge in [-0.15, -0.1) is 11.3 Å². The van der Waals surface area contributed by atoms with Crippen LogP contribution in [0.25, 0.3) is 49.2 Å². The van der Waals surface area contributed by atoms with Crippen molar-refractivity contribution in [2.75, 3.05) is 4.90 Å². The predicted molar refractivity (Wildman–Crippen MR) is 234 cm³/mol. The maximum absolute atomic E-state index is 2.55. The molecule has 0 saturated carbocycles. The van der Waals surface area contributed by atoms with Crippen LogP contribution in [0.5, 0.6) is 0 Å². The Labute approximate surface area is 326 Å². The first-order valence-corrected chi connectivity index (χ1v) is 20.0. The molecule has 0 aliphatic heterocycles. The van der Waals surface area contributed by atoms with E-state index in [9.17, 15) is 0 Å². The molecule has 8 aromatic carbocycles. The number of rotatable bonds is 6. The summed E-state index contributed by atoms with van der Waals surface area (Å²) in [5, 5.41) is 3.93. The molecule has 0 fully saturated rings. The predicted octanol–water partition coefficient (Wildman–Crippen LogP) is 14.5. The topological polar surface area (TPSA) is 3.24 Å². The van der Waals surface area contributed by atoms with Crippen molar-refractivity contribution in [2.24, 2.45) is 0 Å². The van der Waals surface area contributed by atoms with Crippen LogP contribution in [-0.4, -0.2) is 0 Å². The number of nitrogens with zero attached hydrogens (tertiary/aromatic N) is 1. The van der Waals surface area contributed by atoms with Gasteiger partial charge in [0.2, 0.25) is 0 Å². The van der Waals surface area contributed by atoms with E-state index in [-0.39, 0.29) is 0 Å². The molecule has 1 aromatic heterocycles. The minimum Gasteiger partial charge on any atom is -0.311 e. The fraction of sp³-hybridized carbons (Fsp3) is 0.0566. The van der Waals surface area contributed by atoms with Gasteiger partial charge in [-0.2, -0.15) is 0 Å². The molecule has 0 radical (unpaired) electrons. The van der Waals surface area contributed by atoms with E-state index in [1.807, 2.05) is 11.3 Å². The van der Waals surface area contributed by atoms with Gasteiger partial charge in [-0.1, -0.05) is 146 Å². The molecule has 0 bridgehead atoms. The van der Waals surface area contributed by atoms with E-state index >= 15 is 0 Å². The van der Waals surface area contributed by atoms with Crippen LogP contribution in [0.1, 0.15) is 33.6 Å². The Morgan fingerprint density at radius 1 is 0.455 bits per heavy atom. The monoisotopic (exact) mass is 719 g/mol. The third-order valence-electron chi connectivity index (χ3n) is 11.9. The van der Waals surface area contributed by atoms with Gasteiger partial charge in [-0.3, -0.25) is 0 Å². The van der Waals surface area contributed by atoms with Crippen molar-refractivity contribution < 1.29 is 0 Å². The summed E-state index contributed by atoms with van der Waals surface area (Å²) in [7, 11) is 0. The SMILES string of the molecule is C1=C(C2(c3ccc(N(c4ccccc4)c4ccc(-c5ccc6ccccc6c5)cc4)cc3)c3ccccc3-c3ccccc32)CCc2c1sc1ccccc21. The summed E-state index contributed by atoms with van der Waals surface area (Å²) in [6.45, 7) is 0. The third-order valence-corrected chi connectivity index (χ3v) is 13.1. The van der Waals surface area contributed by atoms with E-state index in [0.29, 0.717) is 0 Å². The molecule has 1 nitrogen and oxygen atoms in total. The molecule has 0 amide bonds. The molecule has 0 saturated heterocycles. The highest BCUT2D eigenvalue weighted by Gasteiger charge is 2.47. The van der Waals surface area contributed by atoms with Crippen molar-refractivity contribution in [2.45, 2.75) is 18.3 Å². The van der Waals surface area contributed by atoms with Crippen LogP contribution in [-0.2, 0) is 11.8 Å². The van der Waals surface area contributed by atoms with Gasteiger partial charge in [-0.05, 0) is 134 Å². The fourth-order valence-corrected chi connectivity index (χ4v) is 10.6. The standard InChI is InChI=1S/C53H37NS/c1-2-14-42(15-3-1)54(43-29-24-37(25-30-43)39-23-22-36-12-4-5-13-38(36)34-39)44-31-26-40(27-32-44)53(49-19-9-6-16-45(49)46-17-7-10-20-50(46)53)41-28-33-48-47-18-8-11-21-51(47)55-52(48)35-41/h1-27,29-32,34-35H,28,33H2. The smallest absolute Gasteiger partial charge is 0.0677 e. The number of fused-ring (bicyclic) bond motifs is 7. The van der Waals surface area contributed by atoms with Crippen LogP contribution < -0.4 is 4.90 Å². The average molecular weight is 720 g/mol. The Kier molecular flexibility index (Phi) is 7.46. The lowest BCUT2D eigenvalue weighted by Gasteiger charge is -2.37. The third kappa shape index (κ3) is 5.06. The molecule has 0 spiro atoms. The van der Waals surface area contributed by atoms with E-state index in [0.717, 1.165) is 29.9 Å². The summed E-state index contributed by atoms with van der Waals surface area (Å²) in [6.07, 6.45) is 4.60. The molecule has 9 aromatic rings. The maximum Gasteiger partial charge on any atom is 0.0677 e. The highest BCUT2D eigenvalue weighted by atomic mass is 32.1. The molecular weight excluding hydrogens is 683 g/mol. The summed E-state index contributed by atoms with van der Waals surface area (Å²) in [5.74, 6) is 0. The molecule has 0 N–H and O–H groups in total. The molecule has 11 rings (SSSR count). The van der Waals surface area contributed by atoms with Crippen LogP contribution in [0.2, 0.25) is 0 Å². The zero-order chi connectivity index (χ0) is 36.3. The first kappa shape index (κ1) is 32.0. The zero-order valence-corrected chi connectivity index (χ0v) is 31.1. The van der Waals surface area contributed by atoms with Crippen molar-refractivity contribution in [3.05, 3.63) is 227 Å². The lowest BCUT2D eigenvalue weighted by atomic mass is 9.65. The molecule has 2 heteroatoms. The Hall–Kier alpha value is -6.48. The van der Waals surface area contributed by atoms with Gasteiger partial charge >= 0.3 is 0 Å². The van der Waals surface area contributed by atoms with Crippen molar-refractivity contribution >= 4 is 55.3 Å². The molecule has 1 heterocycles. The second-order valence-corrected chi connectivity index (χ2v) is 15.9. The van der Waals surface area contributed by atoms with Crippen LogP contribution >= 0.6 is 11.3 Å². The second-order valence-electron chi connectivity index (χ2n) is 14.8. The maximum atomic E-state index is 2.55. The fourth-order valence-electron chi connectivity index (χ4n) is 9.41. The van der Waals surface area contributed by atoms with Crippen LogP contribution in [0, 0.1) is 0 Å². The quantitative estimate of drug-likeness (QED) is 0.165.